The van der Waals surface area contributed by atoms with Crippen LogP contribution in [-0.2, 0) is 9.59 Å². The lowest BCUT2D eigenvalue weighted by Gasteiger charge is -2.27. The van der Waals surface area contributed by atoms with Crippen molar-refractivity contribution in [3.8, 4) is 0 Å². The number of carbonyl (C=O) groups is 2. The predicted octanol–water partition coefficient (Wildman–Crippen LogP) is 1.45. The molecular formula is C13H23ClF3N3O2. The van der Waals surface area contributed by atoms with Gasteiger partial charge < -0.3 is 16.0 Å². The van der Waals surface area contributed by atoms with Gasteiger partial charge in [0.05, 0.1) is 5.92 Å². The first-order valence-electron chi connectivity index (χ1n) is 7.01. The predicted molar refractivity (Wildman–Crippen MR) is 78.5 cm³/mol. The first-order valence-corrected chi connectivity index (χ1v) is 7.01. The monoisotopic (exact) mass is 345 g/mol. The summed E-state index contributed by atoms with van der Waals surface area (Å²) in [5.41, 5.74) is 5.52. The molecule has 1 atom stereocenters. The molecule has 130 valence electrons. The highest BCUT2D eigenvalue weighted by atomic mass is 35.5. The first-order chi connectivity index (χ1) is 9.60. The van der Waals surface area contributed by atoms with Crippen LogP contribution in [0, 0.1) is 5.92 Å². The largest absolute Gasteiger partial charge is 0.406 e. The molecule has 1 aliphatic heterocycles. The number of amides is 2. The van der Waals surface area contributed by atoms with E-state index in [1.54, 1.807) is 0 Å². The van der Waals surface area contributed by atoms with Gasteiger partial charge in [-0.25, -0.2) is 0 Å². The fourth-order valence-electron chi connectivity index (χ4n) is 2.22. The molecule has 0 aromatic rings. The number of hydrogen-bond acceptors (Lipinski definition) is 3. The minimum atomic E-state index is -4.45. The molecule has 1 heterocycles. The van der Waals surface area contributed by atoms with Gasteiger partial charge in [0.2, 0.25) is 11.8 Å². The van der Waals surface area contributed by atoms with E-state index in [9.17, 15) is 22.8 Å². The summed E-state index contributed by atoms with van der Waals surface area (Å²) >= 11 is 0. The smallest absolute Gasteiger partial charge is 0.354 e. The van der Waals surface area contributed by atoms with Crippen LogP contribution in [0.2, 0.25) is 0 Å². The Hall–Kier alpha value is -1.02. The summed E-state index contributed by atoms with van der Waals surface area (Å²) in [6, 6.07) is 0. The molecule has 0 aromatic carbocycles. The summed E-state index contributed by atoms with van der Waals surface area (Å²) in [7, 11) is 0. The van der Waals surface area contributed by atoms with E-state index >= 15 is 0 Å². The normalized spacial score (nSPS) is 19.1. The molecule has 1 aliphatic rings. The molecule has 5 nitrogen and oxygen atoms in total. The van der Waals surface area contributed by atoms with Crippen molar-refractivity contribution < 1.29 is 22.8 Å². The maximum Gasteiger partial charge on any atom is 0.406 e. The second-order valence-electron chi connectivity index (χ2n) is 5.58. The number of halogens is 4. The average Bonchev–Trinajstić information content (AvgIpc) is 2.75. The van der Waals surface area contributed by atoms with Gasteiger partial charge >= 0.3 is 6.18 Å². The van der Waals surface area contributed by atoms with Crippen molar-refractivity contribution in [3.63, 3.8) is 0 Å². The first kappa shape index (κ1) is 21.0. The third kappa shape index (κ3) is 6.00. The van der Waals surface area contributed by atoms with Gasteiger partial charge in [-0.05, 0) is 12.8 Å². The molecule has 0 aliphatic carbocycles. The zero-order chi connectivity index (χ0) is 16.3. The molecular weight excluding hydrogens is 323 g/mol. The van der Waals surface area contributed by atoms with Gasteiger partial charge in [0.15, 0.2) is 0 Å². The number of alkyl halides is 3. The second kappa shape index (κ2) is 8.01. The van der Waals surface area contributed by atoms with E-state index in [2.05, 4.69) is 5.32 Å². The van der Waals surface area contributed by atoms with Crippen LogP contribution in [0.15, 0.2) is 0 Å². The highest BCUT2D eigenvalue weighted by molar-refractivity contribution is 5.89. The maximum absolute atomic E-state index is 12.3. The van der Waals surface area contributed by atoms with Crippen LogP contribution >= 0.6 is 12.4 Å². The summed E-state index contributed by atoms with van der Waals surface area (Å²) < 4.78 is 36.9. The molecule has 0 radical (unpaired) electrons. The SMILES string of the molecule is CCC(N)(CC)CNC(=O)C1CC(=O)N(CC(F)(F)F)C1.Cl. The Morgan fingerprint density at radius 3 is 2.36 bits per heavy atom. The van der Waals surface area contributed by atoms with Crippen molar-refractivity contribution in [2.45, 2.75) is 44.8 Å². The summed E-state index contributed by atoms with van der Waals surface area (Å²) in [5.74, 6) is -1.79. The van der Waals surface area contributed by atoms with Crippen molar-refractivity contribution in [2.24, 2.45) is 11.7 Å². The Morgan fingerprint density at radius 2 is 1.91 bits per heavy atom. The van der Waals surface area contributed by atoms with E-state index in [0.717, 1.165) is 0 Å². The van der Waals surface area contributed by atoms with Crippen LogP contribution in [0.3, 0.4) is 0 Å². The number of rotatable bonds is 6. The Morgan fingerprint density at radius 1 is 1.36 bits per heavy atom. The second-order valence-corrected chi connectivity index (χ2v) is 5.58. The Balaban J connectivity index is 0.00000441. The average molecular weight is 346 g/mol. The molecule has 1 fully saturated rings. The highest BCUT2D eigenvalue weighted by Gasteiger charge is 2.40. The van der Waals surface area contributed by atoms with Crippen LogP contribution in [0.5, 0.6) is 0 Å². The van der Waals surface area contributed by atoms with Gasteiger partial charge in [0.1, 0.15) is 6.54 Å². The van der Waals surface area contributed by atoms with E-state index in [1.807, 2.05) is 13.8 Å². The molecule has 1 rings (SSSR count). The van der Waals surface area contributed by atoms with Gasteiger partial charge in [-0.15, -0.1) is 12.4 Å². The molecule has 1 unspecified atom stereocenters. The molecule has 2 amide bonds. The lowest BCUT2D eigenvalue weighted by molar-refractivity contribution is -0.157. The van der Waals surface area contributed by atoms with E-state index < -0.39 is 36.0 Å². The van der Waals surface area contributed by atoms with E-state index in [-0.39, 0.29) is 31.9 Å². The minimum Gasteiger partial charge on any atom is -0.354 e. The molecule has 0 aromatic heterocycles. The standard InChI is InChI=1S/C13H22F3N3O2.ClH/c1-3-12(17,4-2)7-18-11(21)9-5-10(20)19(6-9)8-13(14,15)16;/h9H,3-8,17H2,1-2H3,(H,18,21);1H. The number of carbonyl (C=O) groups excluding carboxylic acids is 2. The van der Waals surface area contributed by atoms with Crippen LogP contribution in [0.1, 0.15) is 33.1 Å². The molecule has 3 N–H and O–H groups in total. The number of nitrogens with zero attached hydrogens (tertiary/aromatic N) is 1. The summed E-state index contributed by atoms with van der Waals surface area (Å²) in [5, 5.41) is 2.65. The lowest BCUT2D eigenvalue weighted by Crippen LogP contribution is -2.50. The Bertz CT molecular complexity index is 400. The fourth-order valence-corrected chi connectivity index (χ4v) is 2.22. The van der Waals surface area contributed by atoms with Crippen molar-refractivity contribution >= 4 is 24.2 Å². The van der Waals surface area contributed by atoms with E-state index in [0.29, 0.717) is 17.7 Å². The van der Waals surface area contributed by atoms with E-state index in [1.165, 1.54) is 0 Å². The van der Waals surface area contributed by atoms with Crippen LogP contribution in [0.4, 0.5) is 13.2 Å². The third-order valence-corrected chi connectivity index (χ3v) is 3.98. The van der Waals surface area contributed by atoms with E-state index in [4.69, 9.17) is 5.73 Å². The van der Waals surface area contributed by atoms with Crippen LogP contribution in [0.25, 0.3) is 0 Å². The van der Waals surface area contributed by atoms with Gasteiger partial charge in [-0.1, -0.05) is 13.8 Å². The summed E-state index contributed by atoms with van der Waals surface area (Å²) in [6.07, 6.45) is -3.28. The fraction of sp³-hybridized carbons (Fsp3) is 0.846. The minimum absolute atomic E-state index is 0. The quantitative estimate of drug-likeness (QED) is 0.765. The maximum atomic E-state index is 12.3. The topological polar surface area (TPSA) is 75.4 Å². The number of nitrogens with one attached hydrogen (secondary N) is 1. The molecule has 1 saturated heterocycles. The molecule has 0 spiro atoms. The lowest BCUT2D eigenvalue weighted by atomic mass is 9.94. The Kier molecular flexibility index (Phi) is 7.64. The third-order valence-electron chi connectivity index (χ3n) is 3.98. The van der Waals surface area contributed by atoms with Crippen LogP contribution in [-0.4, -0.2) is 48.1 Å². The number of likely N-dealkylation sites (tertiary alicyclic amines) is 1. The summed E-state index contributed by atoms with van der Waals surface area (Å²) in [4.78, 5) is 24.1. The zero-order valence-electron chi connectivity index (χ0n) is 12.7. The zero-order valence-corrected chi connectivity index (χ0v) is 13.5. The van der Waals surface area contributed by atoms with Gasteiger partial charge in [0, 0.05) is 25.0 Å². The number of nitrogens with two attached hydrogens (primary N) is 1. The van der Waals surface area contributed by atoms with Gasteiger partial charge in [0.25, 0.3) is 0 Å². The van der Waals surface area contributed by atoms with Crippen molar-refractivity contribution in [2.75, 3.05) is 19.6 Å². The van der Waals surface area contributed by atoms with Crippen molar-refractivity contribution in [1.82, 2.24) is 10.2 Å². The van der Waals surface area contributed by atoms with Gasteiger partial charge in [-0.2, -0.15) is 13.2 Å². The van der Waals surface area contributed by atoms with Gasteiger partial charge in [-0.3, -0.25) is 9.59 Å². The molecule has 0 saturated carbocycles. The molecule has 22 heavy (non-hydrogen) atoms. The molecule has 9 heteroatoms. The Labute approximate surface area is 134 Å². The highest BCUT2D eigenvalue weighted by Crippen LogP contribution is 2.24. The van der Waals surface area contributed by atoms with Crippen LogP contribution < -0.4 is 11.1 Å². The van der Waals surface area contributed by atoms with Crippen molar-refractivity contribution in [1.29, 1.82) is 0 Å². The molecule has 0 bridgehead atoms. The number of hydrogen-bond donors (Lipinski definition) is 2. The van der Waals surface area contributed by atoms with Crippen molar-refractivity contribution in [3.05, 3.63) is 0 Å². The summed E-state index contributed by atoms with van der Waals surface area (Å²) in [6.45, 7) is 2.56.